The Balaban J connectivity index is 1.34. The predicted molar refractivity (Wildman–Crippen MR) is 146 cm³/mol. The van der Waals surface area contributed by atoms with Crippen LogP contribution in [-0.2, 0) is 38.7 Å². The van der Waals surface area contributed by atoms with Gasteiger partial charge in [0.25, 0.3) is 0 Å². The molecular weight excluding hydrogens is 553 g/mol. The number of nitrogens with zero attached hydrogens (tertiary/aromatic N) is 1. The second-order valence-electron chi connectivity index (χ2n) is 9.92. The molecule has 1 amide bonds. The van der Waals surface area contributed by atoms with E-state index in [0.717, 1.165) is 11.1 Å². The van der Waals surface area contributed by atoms with Crippen molar-refractivity contribution in [1.82, 2.24) is 4.90 Å². The van der Waals surface area contributed by atoms with Crippen LogP contribution < -0.4 is 18.9 Å². The number of ether oxygens (including phenoxy) is 4. The number of amides is 1. The van der Waals surface area contributed by atoms with E-state index in [0.29, 0.717) is 42.1 Å². The number of hydrogen-bond donors (Lipinski definition) is 2. The van der Waals surface area contributed by atoms with Gasteiger partial charge in [0.1, 0.15) is 0 Å². The van der Waals surface area contributed by atoms with Gasteiger partial charge in [-0.25, -0.2) is 4.39 Å². The molecule has 0 aromatic heterocycles. The number of aliphatic carboxylic acids is 2. The summed E-state index contributed by atoms with van der Waals surface area (Å²) in [6, 6.07) is 5.21. The maximum atomic E-state index is 15.4. The second-order valence-corrected chi connectivity index (χ2v) is 9.92. The number of benzene rings is 2. The first-order valence-corrected chi connectivity index (χ1v) is 13.4. The van der Waals surface area contributed by atoms with Crippen molar-refractivity contribution < 1.29 is 52.7 Å². The Morgan fingerprint density at radius 1 is 0.810 bits per heavy atom. The third-order valence-corrected chi connectivity index (χ3v) is 7.06. The Kier molecular flexibility index (Phi) is 9.66. The number of carboxylic acid groups (broad SMARTS) is 2. The molecule has 224 valence electrons. The van der Waals surface area contributed by atoms with Gasteiger partial charge in [-0.3, -0.25) is 19.2 Å². The molecule has 0 unspecified atom stereocenters. The summed E-state index contributed by atoms with van der Waals surface area (Å²) in [5.41, 5.74) is 2.90. The maximum absolute atomic E-state index is 15.4. The highest BCUT2D eigenvalue weighted by Gasteiger charge is 2.28. The van der Waals surface area contributed by atoms with E-state index < -0.39 is 17.8 Å². The van der Waals surface area contributed by atoms with Crippen LogP contribution in [0.25, 0.3) is 6.08 Å². The SMILES string of the molecule is COc1cc2c(cc1OCCCOc1c(OC)cc3c(c1F)C=C(C(=O)CCC(=O)O)C3)CN(C(=O)CCC(=O)O)C2. The van der Waals surface area contributed by atoms with Crippen molar-refractivity contribution in [3.8, 4) is 23.0 Å². The van der Waals surface area contributed by atoms with Crippen LogP contribution in [-0.4, -0.2) is 66.2 Å². The summed E-state index contributed by atoms with van der Waals surface area (Å²) in [6.45, 7) is 1.02. The molecule has 0 spiro atoms. The minimum absolute atomic E-state index is 0.0677. The fourth-order valence-electron chi connectivity index (χ4n) is 4.89. The molecule has 0 fully saturated rings. The lowest BCUT2D eigenvalue weighted by Gasteiger charge is -2.15. The number of carboxylic acids is 2. The summed E-state index contributed by atoms with van der Waals surface area (Å²) in [5, 5.41) is 17.7. The van der Waals surface area contributed by atoms with Gasteiger partial charge in [-0.05, 0) is 41.0 Å². The smallest absolute Gasteiger partial charge is 0.303 e. The highest BCUT2D eigenvalue weighted by Crippen LogP contribution is 2.40. The number of hydrogen-bond acceptors (Lipinski definition) is 8. The molecule has 0 radical (unpaired) electrons. The van der Waals surface area contributed by atoms with Crippen LogP contribution in [0.4, 0.5) is 4.39 Å². The van der Waals surface area contributed by atoms with Crippen molar-refractivity contribution in [2.45, 2.75) is 51.6 Å². The normalized spacial score (nSPS) is 13.2. The first-order chi connectivity index (χ1) is 20.1. The Bertz CT molecular complexity index is 1430. The average molecular weight is 586 g/mol. The van der Waals surface area contributed by atoms with Crippen LogP contribution in [0.1, 0.15) is 54.4 Å². The van der Waals surface area contributed by atoms with Crippen molar-refractivity contribution >= 4 is 29.7 Å². The van der Waals surface area contributed by atoms with Gasteiger partial charge < -0.3 is 34.1 Å². The van der Waals surface area contributed by atoms with E-state index in [-0.39, 0.29) is 74.1 Å². The van der Waals surface area contributed by atoms with Crippen molar-refractivity contribution in [1.29, 1.82) is 0 Å². The Morgan fingerprint density at radius 3 is 2.05 bits per heavy atom. The topological polar surface area (TPSA) is 149 Å². The molecule has 1 aliphatic carbocycles. The van der Waals surface area contributed by atoms with Gasteiger partial charge in [0, 0.05) is 49.9 Å². The molecule has 0 saturated heterocycles. The molecule has 0 atom stereocenters. The minimum atomic E-state index is -1.07. The van der Waals surface area contributed by atoms with E-state index in [9.17, 15) is 19.2 Å². The van der Waals surface area contributed by atoms with Gasteiger partial charge >= 0.3 is 11.9 Å². The van der Waals surface area contributed by atoms with Gasteiger partial charge in [0.05, 0.1) is 40.3 Å². The van der Waals surface area contributed by atoms with E-state index in [1.165, 1.54) is 20.3 Å². The summed E-state index contributed by atoms with van der Waals surface area (Å²) < 4.78 is 37.8. The Hall–Kier alpha value is -4.61. The van der Waals surface area contributed by atoms with Crippen molar-refractivity contribution in [2.75, 3.05) is 27.4 Å². The van der Waals surface area contributed by atoms with Gasteiger partial charge in [-0.1, -0.05) is 0 Å². The number of carbonyl (C=O) groups excluding carboxylic acids is 2. The first-order valence-electron chi connectivity index (χ1n) is 13.4. The fourth-order valence-corrected chi connectivity index (χ4v) is 4.89. The van der Waals surface area contributed by atoms with Crippen LogP contribution in [0.15, 0.2) is 23.8 Å². The lowest BCUT2D eigenvalue weighted by molar-refractivity contribution is -0.141. The summed E-state index contributed by atoms with van der Waals surface area (Å²) in [6.07, 6.45) is 1.26. The van der Waals surface area contributed by atoms with Crippen LogP contribution >= 0.6 is 0 Å². The zero-order valence-corrected chi connectivity index (χ0v) is 23.4. The highest BCUT2D eigenvalue weighted by molar-refractivity contribution is 6.03. The zero-order valence-electron chi connectivity index (χ0n) is 23.4. The Labute approximate surface area is 241 Å². The van der Waals surface area contributed by atoms with Gasteiger partial charge in [-0.15, -0.1) is 0 Å². The largest absolute Gasteiger partial charge is 0.493 e. The van der Waals surface area contributed by atoms with Crippen LogP contribution in [0, 0.1) is 5.82 Å². The predicted octanol–water partition coefficient (Wildman–Crippen LogP) is 3.77. The highest BCUT2D eigenvalue weighted by atomic mass is 19.1. The number of carbonyl (C=O) groups is 4. The first kappa shape index (κ1) is 30.4. The molecule has 1 aliphatic heterocycles. The number of methoxy groups -OCH3 is 2. The number of ketones is 1. The van der Waals surface area contributed by atoms with Gasteiger partial charge in [-0.2, -0.15) is 0 Å². The molecule has 1 heterocycles. The van der Waals surface area contributed by atoms with Gasteiger partial charge in [0.15, 0.2) is 34.6 Å². The summed E-state index contributed by atoms with van der Waals surface area (Å²) in [4.78, 5) is 47.9. The molecule has 0 bridgehead atoms. The number of allylic oxidation sites excluding steroid dienone is 1. The third kappa shape index (κ3) is 6.99. The molecule has 12 heteroatoms. The minimum Gasteiger partial charge on any atom is -0.493 e. The van der Waals surface area contributed by atoms with E-state index >= 15 is 4.39 Å². The molecular formula is C30H32FNO10. The van der Waals surface area contributed by atoms with Crippen LogP contribution in [0.2, 0.25) is 0 Å². The van der Waals surface area contributed by atoms with Crippen molar-refractivity contribution in [3.63, 3.8) is 0 Å². The zero-order chi connectivity index (χ0) is 30.4. The maximum Gasteiger partial charge on any atom is 0.303 e. The van der Waals surface area contributed by atoms with E-state index in [2.05, 4.69) is 0 Å². The quantitative estimate of drug-likeness (QED) is 0.296. The molecule has 2 N–H and O–H groups in total. The molecule has 2 aromatic carbocycles. The van der Waals surface area contributed by atoms with Crippen molar-refractivity contribution in [2.24, 2.45) is 0 Å². The summed E-state index contributed by atoms with van der Waals surface area (Å²) in [5.74, 6) is -2.28. The molecule has 42 heavy (non-hydrogen) atoms. The van der Waals surface area contributed by atoms with E-state index in [1.54, 1.807) is 23.1 Å². The number of fused-ring (bicyclic) bond motifs is 2. The van der Waals surface area contributed by atoms with E-state index in [4.69, 9.17) is 29.2 Å². The summed E-state index contributed by atoms with van der Waals surface area (Å²) in [7, 11) is 2.89. The number of halogens is 1. The van der Waals surface area contributed by atoms with Crippen LogP contribution in [0.3, 0.4) is 0 Å². The molecule has 0 saturated carbocycles. The molecule has 11 nitrogen and oxygen atoms in total. The average Bonchev–Trinajstić information content (AvgIpc) is 3.59. The Morgan fingerprint density at radius 2 is 1.40 bits per heavy atom. The summed E-state index contributed by atoms with van der Waals surface area (Å²) >= 11 is 0. The van der Waals surface area contributed by atoms with Crippen LogP contribution in [0.5, 0.6) is 23.0 Å². The van der Waals surface area contributed by atoms with Crippen molar-refractivity contribution in [3.05, 3.63) is 51.8 Å². The standard InChI is InChI=1S/C30H32FNO10/c1-39-23-13-19-15-32(26(34)5-7-28(37)38)16-20(19)14-24(23)41-8-3-9-42-30-25(40-2)12-17-10-18(11-21(17)29(30)31)22(33)4-6-27(35)36/h11-14H,3-10,15-16H2,1-2H3,(H,35,36)(H,37,38). The fraction of sp³-hybridized carbons (Fsp3) is 0.400. The lowest BCUT2D eigenvalue weighted by Crippen LogP contribution is -2.25. The number of Topliss-reactive ketones (excluding diaryl/α,β-unsaturated/α-hetero) is 1. The molecule has 2 aliphatic rings. The second kappa shape index (κ2) is 13.4. The molecule has 2 aromatic rings. The van der Waals surface area contributed by atoms with E-state index in [1.807, 2.05) is 0 Å². The third-order valence-electron chi connectivity index (χ3n) is 7.06. The molecule has 4 rings (SSSR count). The van der Waals surface area contributed by atoms with Gasteiger partial charge in [0.2, 0.25) is 5.91 Å². The number of rotatable bonds is 15. The monoisotopic (exact) mass is 585 g/mol. The lowest BCUT2D eigenvalue weighted by atomic mass is 10.0.